The molecule has 0 spiro atoms. The van der Waals surface area contributed by atoms with Crippen LogP contribution in [0, 0.1) is 0 Å². The Labute approximate surface area is 164 Å². The molecule has 0 aromatic heterocycles. The number of nitrogens with one attached hydrogen (secondary N) is 1. The molecule has 2 aliphatic rings. The minimum Gasteiger partial charge on any atom is -0.369 e. The summed E-state index contributed by atoms with van der Waals surface area (Å²) >= 11 is 0. The van der Waals surface area contributed by atoms with Gasteiger partial charge in [-0.25, -0.2) is 0 Å². The molecule has 1 N–H and O–H groups in total. The van der Waals surface area contributed by atoms with E-state index in [1.807, 2.05) is 12.1 Å². The van der Waals surface area contributed by atoms with Crippen LogP contribution in [0.4, 0.5) is 11.4 Å². The summed E-state index contributed by atoms with van der Waals surface area (Å²) in [7, 11) is 0. The zero-order chi connectivity index (χ0) is 19.2. The molecular formula is C22H36N4O. The Bertz CT molecular complexity index is 587. The molecule has 27 heavy (non-hydrogen) atoms. The Hall–Kier alpha value is -1.59. The lowest BCUT2D eigenvalue weighted by Crippen LogP contribution is -2.51. The van der Waals surface area contributed by atoms with Gasteiger partial charge in [0.2, 0.25) is 5.91 Å². The highest BCUT2D eigenvalue weighted by molar-refractivity contribution is 5.92. The molecule has 1 saturated heterocycles. The molecule has 5 heteroatoms. The first-order valence-corrected chi connectivity index (χ1v) is 10.7. The fraction of sp³-hybridized carbons (Fsp3) is 0.682. The van der Waals surface area contributed by atoms with Crippen LogP contribution < -0.4 is 10.2 Å². The van der Waals surface area contributed by atoms with Gasteiger partial charge in [-0.2, -0.15) is 0 Å². The van der Waals surface area contributed by atoms with Crippen molar-refractivity contribution in [2.75, 3.05) is 49.5 Å². The van der Waals surface area contributed by atoms with Crippen LogP contribution in [0.5, 0.6) is 0 Å². The maximum absolute atomic E-state index is 12.4. The molecule has 0 unspecified atom stereocenters. The summed E-state index contributed by atoms with van der Waals surface area (Å²) in [4.78, 5) is 19.7. The summed E-state index contributed by atoms with van der Waals surface area (Å²) in [5.41, 5.74) is 2.08. The molecule has 1 amide bonds. The normalized spacial score (nSPS) is 19.6. The van der Waals surface area contributed by atoms with Crippen LogP contribution in [0.15, 0.2) is 24.3 Å². The predicted molar refractivity (Wildman–Crippen MR) is 113 cm³/mol. The van der Waals surface area contributed by atoms with Crippen molar-refractivity contribution in [2.24, 2.45) is 0 Å². The number of benzene rings is 1. The molecular weight excluding hydrogens is 336 g/mol. The highest BCUT2D eigenvalue weighted by Gasteiger charge is 2.26. The molecule has 0 bridgehead atoms. The summed E-state index contributed by atoms with van der Waals surface area (Å²) in [5, 5.41) is 3.06. The fourth-order valence-corrected chi connectivity index (χ4v) is 4.54. The van der Waals surface area contributed by atoms with E-state index in [9.17, 15) is 4.79 Å². The van der Waals surface area contributed by atoms with Gasteiger partial charge in [-0.1, -0.05) is 12.8 Å². The summed E-state index contributed by atoms with van der Waals surface area (Å²) in [5.74, 6) is 0.0910. The van der Waals surface area contributed by atoms with Gasteiger partial charge in [0.25, 0.3) is 0 Å². The smallest absolute Gasteiger partial charge is 0.238 e. The van der Waals surface area contributed by atoms with E-state index in [4.69, 9.17) is 0 Å². The molecule has 0 atom stereocenters. The minimum atomic E-state index is 0.0910. The van der Waals surface area contributed by atoms with Crippen LogP contribution >= 0.6 is 0 Å². The summed E-state index contributed by atoms with van der Waals surface area (Å²) < 4.78 is 0. The molecule has 1 aromatic rings. The van der Waals surface area contributed by atoms with E-state index in [1.54, 1.807) is 0 Å². The van der Waals surface area contributed by atoms with Crippen molar-refractivity contribution in [3.63, 3.8) is 0 Å². The molecule has 150 valence electrons. The molecule has 0 radical (unpaired) electrons. The highest BCUT2D eigenvalue weighted by Crippen LogP contribution is 2.24. The first-order chi connectivity index (χ1) is 13.1. The van der Waals surface area contributed by atoms with Gasteiger partial charge in [-0.05, 0) is 57.9 Å². The Balaban J connectivity index is 1.44. The highest BCUT2D eigenvalue weighted by atomic mass is 16.2. The molecule has 1 saturated carbocycles. The lowest BCUT2D eigenvalue weighted by atomic mass is 10.2. The van der Waals surface area contributed by atoms with E-state index < -0.39 is 0 Å². The number of anilines is 2. The van der Waals surface area contributed by atoms with Crippen molar-refractivity contribution in [2.45, 2.75) is 58.5 Å². The van der Waals surface area contributed by atoms with Crippen molar-refractivity contribution >= 4 is 17.3 Å². The maximum Gasteiger partial charge on any atom is 0.238 e. The molecule has 3 rings (SSSR count). The van der Waals surface area contributed by atoms with E-state index in [-0.39, 0.29) is 5.91 Å². The SMILES string of the molecule is CCN(c1ccc(NC(=O)CN2CCN(C3CCCC3)CC2)cc1)C(C)C. The molecule has 1 aromatic carbocycles. The van der Waals surface area contributed by atoms with Crippen molar-refractivity contribution in [3.05, 3.63) is 24.3 Å². The zero-order valence-corrected chi connectivity index (χ0v) is 17.3. The van der Waals surface area contributed by atoms with Gasteiger partial charge in [-0.15, -0.1) is 0 Å². The third-order valence-electron chi connectivity index (χ3n) is 6.06. The Morgan fingerprint density at radius 1 is 1.11 bits per heavy atom. The first kappa shape index (κ1) is 20.2. The van der Waals surface area contributed by atoms with Gasteiger partial charge in [0.05, 0.1) is 6.54 Å². The largest absolute Gasteiger partial charge is 0.369 e. The number of rotatable bonds is 7. The Morgan fingerprint density at radius 2 is 1.74 bits per heavy atom. The van der Waals surface area contributed by atoms with Crippen LogP contribution in [0.3, 0.4) is 0 Å². The third kappa shape index (κ3) is 5.45. The van der Waals surface area contributed by atoms with Crippen LogP contribution in [0.1, 0.15) is 46.5 Å². The monoisotopic (exact) mass is 372 g/mol. The average Bonchev–Trinajstić information content (AvgIpc) is 3.19. The van der Waals surface area contributed by atoms with Crippen LogP contribution in [-0.4, -0.2) is 67.1 Å². The summed E-state index contributed by atoms with van der Waals surface area (Å²) in [6.07, 6.45) is 5.50. The zero-order valence-electron chi connectivity index (χ0n) is 17.3. The molecule has 1 aliphatic heterocycles. The average molecular weight is 373 g/mol. The first-order valence-electron chi connectivity index (χ1n) is 10.7. The van der Waals surface area contributed by atoms with E-state index >= 15 is 0 Å². The second-order valence-corrected chi connectivity index (χ2v) is 8.23. The van der Waals surface area contributed by atoms with Crippen molar-refractivity contribution in [1.29, 1.82) is 0 Å². The number of carbonyl (C=O) groups excluding carboxylic acids is 1. The molecule has 1 aliphatic carbocycles. The van der Waals surface area contributed by atoms with Crippen molar-refractivity contribution in [3.8, 4) is 0 Å². The fourth-order valence-electron chi connectivity index (χ4n) is 4.54. The number of piperazine rings is 1. The van der Waals surface area contributed by atoms with Gasteiger partial charge >= 0.3 is 0 Å². The minimum absolute atomic E-state index is 0.0910. The molecule has 2 fully saturated rings. The Kier molecular flexibility index (Phi) is 7.13. The number of nitrogens with zero attached hydrogens (tertiary/aromatic N) is 3. The number of carbonyl (C=O) groups is 1. The quantitative estimate of drug-likeness (QED) is 0.796. The van der Waals surface area contributed by atoms with E-state index in [0.717, 1.165) is 44.5 Å². The summed E-state index contributed by atoms with van der Waals surface area (Å²) in [6.45, 7) is 12.3. The van der Waals surface area contributed by atoms with E-state index in [0.29, 0.717) is 12.6 Å². The van der Waals surface area contributed by atoms with Crippen molar-refractivity contribution < 1.29 is 4.79 Å². The molecule has 5 nitrogen and oxygen atoms in total. The summed E-state index contributed by atoms with van der Waals surface area (Å²) in [6, 6.07) is 9.48. The maximum atomic E-state index is 12.4. The van der Waals surface area contributed by atoms with Gasteiger partial charge in [0.15, 0.2) is 0 Å². The predicted octanol–water partition coefficient (Wildman–Crippen LogP) is 3.42. The van der Waals surface area contributed by atoms with Gasteiger partial charge in [-0.3, -0.25) is 14.6 Å². The second-order valence-electron chi connectivity index (χ2n) is 8.23. The standard InChI is InChI=1S/C22H36N4O/c1-4-26(18(2)3)21-11-9-19(10-12-21)23-22(27)17-24-13-15-25(16-14-24)20-7-5-6-8-20/h9-12,18,20H,4-8,13-17H2,1-3H3,(H,23,27). The van der Waals surface area contributed by atoms with Gasteiger partial charge < -0.3 is 10.2 Å². The van der Waals surface area contributed by atoms with E-state index in [2.05, 4.69) is 52.9 Å². The number of amides is 1. The number of hydrogen-bond donors (Lipinski definition) is 1. The Morgan fingerprint density at radius 3 is 2.30 bits per heavy atom. The van der Waals surface area contributed by atoms with Crippen LogP contribution in [0.2, 0.25) is 0 Å². The topological polar surface area (TPSA) is 38.8 Å². The van der Waals surface area contributed by atoms with Gasteiger partial charge in [0, 0.05) is 56.2 Å². The lowest BCUT2D eigenvalue weighted by Gasteiger charge is -2.37. The second kappa shape index (κ2) is 9.56. The van der Waals surface area contributed by atoms with Crippen LogP contribution in [0.25, 0.3) is 0 Å². The van der Waals surface area contributed by atoms with Crippen LogP contribution in [-0.2, 0) is 4.79 Å². The van der Waals surface area contributed by atoms with Crippen molar-refractivity contribution in [1.82, 2.24) is 9.80 Å². The van der Waals surface area contributed by atoms with Gasteiger partial charge in [0.1, 0.15) is 0 Å². The third-order valence-corrected chi connectivity index (χ3v) is 6.06. The number of hydrogen-bond acceptors (Lipinski definition) is 4. The van der Waals surface area contributed by atoms with E-state index in [1.165, 1.54) is 31.4 Å². The molecule has 1 heterocycles. The lowest BCUT2D eigenvalue weighted by molar-refractivity contribution is -0.117.